The van der Waals surface area contributed by atoms with Gasteiger partial charge < -0.3 is 10.5 Å². The predicted octanol–water partition coefficient (Wildman–Crippen LogP) is 1.90. The zero-order valence-electron chi connectivity index (χ0n) is 10.9. The van der Waals surface area contributed by atoms with Gasteiger partial charge in [-0.15, -0.1) is 0 Å². The second-order valence-corrected chi connectivity index (χ2v) is 6.28. The molecule has 2 unspecified atom stereocenters. The molecule has 3 aliphatic rings. The van der Waals surface area contributed by atoms with Crippen LogP contribution < -0.4 is 5.73 Å². The highest BCUT2D eigenvalue weighted by molar-refractivity contribution is 4.95. The van der Waals surface area contributed by atoms with Crippen LogP contribution in [0.5, 0.6) is 0 Å². The molecule has 1 aliphatic carbocycles. The lowest BCUT2D eigenvalue weighted by molar-refractivity contribution is -0.122. The minimum Gasteiger partial charge on any atom is -0.375 e. The summed E-state index contributed by atoms with van der Waals surface area (Å²) in [7, 11) is 0. The van der Waals surface area contributed by atoms with Crippen molar-refractivity contribution in [3.63, 3.8) is 0 Å². The van der Waals surface area contributed by atoms with Crippen LogP contribution >= 0.6 is 0 Å². The van der Waals surface area contributed by atoms with Crippen LogP contribution in [0.3, 0.4) is 0 Å². The molecule has 3 heteroatoms. The molecule has 0 aromatic rings. The summed E-state index contributed by atoms with van der Waals surface area (Å²) < 4.78 is 6.17. The Morgan fingerprint density at radius 2 is 1.94 bits per heavy atom. The molecule has 1 saturated carbocycles. The molecule has 0 aromatic carbocycles. The number of rotatable bonds is 1. The van der Waals surface area contributed by atoms with Crippen LogP contribution in [0.4, 0.5) is 0 Å². The number of nitrogens with zero attached hydrogens (tertiary/aromatic N) is 1. The summed E-state index contributed by atoms with van der Waals surface area (Å²) in [5.41, 5.74) is 6.27. The molecule has 0 radical (unpaired) electrons. The molecule has 2 N–H and O–H groups in total. The molecule has 0 bridgehead atoms. The van der Waals surface area contributed by atoms with Gasteiger partial charge in [-0.3, -0.25) is 4.90 Å². The quantitative estimate of drug-likeness (QED) is 0.758. The first kappa shape index (κ1) is 11.9. The van der Waals surface area contributed by atoms with Gasteiger partial charge in [-0.05, 0) is 32.1 Å². The number of hydrogen-bond donors (Lipinski definition) is 1. The Morgan fingerprint density at radius 1 is 1.12 bits per heavy atom. The Kier molecular flexibility index (Phi) is 3.42. The van der Waals surface area contributed by atoms with Gasteiger partial charge in [0, 0.05) is 31.8 Å². The molecule has 2 aliphatic heterocycles. The molecule has 3 nitrogen and oxygen atoms in total. The monoisotopic (exact) mass is 238 g/mol. The van der Waals surface area contributed by atoms with E-state index in [9.17, 15) is 0 Å². The largest absolute Gasteiger partial charge is 0.375 e. The van der Waals surface area contributed by atoms with E-state index in [1.807, 2.05) is 0 Å². The Morgan fingerprint density at radius 3 is 2.65 bits per heavy atom. The van der Waals surface area contributed by atoms with Crippen molar-refractivity contribution in [3.05, 3.63) is 0 Å². The standard InChI is InChI=1S/C14H26N2O/c15-12-4-8-16(11-12)13-5-9-17-14(10-13)6-2-1-3-7-14/h12-13H,1-11,15H2. The zero-order chi connectivity index (χ0) is 11.7. The van der Waals surface area contributed by atoms with Crippen molar-refractivity contribution in [2.75, 3.05) is 19.7 Å². The maximum absolute atomic E-state index is 6.17. The van der Waals surface area contributed by atoms with Crippen molar-refractivity contribution in [1.29, 1.82) is 0 Å². The van der Waals surface area contributed by atoms with Crippen molar-refractivity contribution in [2.24, 2.45) is 5.73 Å². The van der Waals surface area contributed by atoms with Crippen LogP contribution in [-0.2, 0) is 4.74 Å². The highest BCUT2D eigenvalue weighted by Gasteiger charge is 2.41. The van der Waals surface area contributed by atoms with Gasteiger partial charge in [0.05, 0.1) is 5.60 Å². The lowest BCUT2D eigenvalue weighted by atomic mass is 9.78. The lowest BCUT2D eigenvalue weighted by Gasteiger charge is -2.46. The van der Waals surface area contributed by atoms with Crippen molar-refractivity contribution in [3.8, 4) is 0 Å². The van der Waals surface area contributed by atoms with E-state index in [2.05, 4.69) is 4.90 Å². The summed E-state index contributed by atoms with van der Waals surface area (Å²) in [6.45, 7) is 3.29. The molecule has 3 fully saturated rings. The van der Waals surface area contributed by atoms with Crippen LogP contribution in [0, 0.1) is 0 Å². The highest BCUT2D eigenvalue weighted by Crippen LogP contribution is 2.40. The first-order chi connectivity index (χ1) is 8.27. The average Bonchev–Trinajstić information content (AvgIpc) is 2.77. The van der Waals surface area contributed by atoms with Crippen LogP contribution in [-0.4, -0.2) is 42.3 Å². The molecule has 3 rings (SSSR count). The third kappa shape index (κ3) is 2.51. The van der Waals surface area contributed by atoms with Gasteiger partial charge in [-0.25, -0.2) is 0 Å². The second kappa shape index (κ2) is 4.87. The summed E-state index contributed by atoms with van der Waals surface area (Å²) in [6.07, 6.45) is 10.4. The summed E-state index contributed by atoms with van der Waals surface area (Å²) in [5, 5.41) is 0. The van der Waals surface area contributed by atoms with E-state index in [-0.39, 0.29) is 5.60 Å². The molecular formula is C14H26N2O. The average molecular weight is 238 g/mol. The molecule has 1 spiro atoms. The van der Waals surface area contributed by atoms with E-state index < -0.39 is 0 Å². The summed E-state index contributed by atoms with van der Waals surface area (Å²) in [5.74, 6) is 0. The third-order valence-electron chi connectivity index (χ3n) is 5.00. The van der Waals surface area contributed by atoms with E-state index in [0.29, 0.717) is 6.04 Å². The van der Waals surface area contributed by atoms with E-state index in [1.165, 1.54) is 57.9 Å². The first-order valence-corrected chi connectivity index (χ1v) is 7.41. The SMILES string of the molecule is NC1CCN(C2CCOC3(CCCCC3)C2)C1. The second-order valence-electron chi connectivity index (χ2n) is 6.28. The van der Waals surface area contributed by atoms with Gasteiger partial charge in [-0.1, -0.05) is 19.3 Å². The number of ether oxygens (including phenoxy) is 1. The first-order valence-electron chi connectivity index (χ1n) is 7.41. The summed E-state index contributed by atoms with van der Waals surface area (Å²) in [6, 6.07) is 1.16. The normalized spacial score (nSPS) is 38.6. The Balaban J connectivity index is 1.62. The topological polar surface area (TPSA) is 38.5 Å². The van der Waals surface area contributed by atoms with Crippen molar-refractivity contribution >= 4 is 0 Å². The van der Waals surface area contributed by atoms with Crippen LogP contribution in [0.15, 0.2) is 0 Å². The molecule has 17 heavy (non-hydrogen) atoms. The van der Waals surface area contributed by atoms with E-state index in [4.69, 9.17) is 10.5 Å². The van der Waals surface area contributed by atoms with Crippen molar-refractivity contribution < 1.29 is 4.74 Å². The van der Waals surface area contributed by atoms with E-state index in [0.717, 1.165) is 19.2 Å². The van der Waals surface area contributed by atoms with Crippen LogP contribution in [0.25, 0.3) is 0 Å². The molecule has 2 saturated heterocycles. The van der Waals surface area contributed by atoms with Gasteiger partial charge in [0.25, 0.3) is 0 Å². The fourth-order valence-corrected chi connectivity index (χ4v) is 4.01. The third-order valence-corrected chi connectivity index (χ3v) is 5.00. The maximum atomic E-state index is 6.17. The number of nitrogens with two attached hydrogens (primary N) is 1. The molecule has 0 aromatic heterocycles. The maximum Gasteiger partial charge on any atom is 0.0697 e. The predicted molar refractivity (Wildman–Crippen MR) is 69.0 cm³/mol. The van der Waals surface area contributed by atoms with Gasteiger partial charge in [0.15, 0.2) is 0 Å². The van der Waals surface area contributed by atoms with E-state index >= 15 is 0 Å². The molecule has 2 heterocycles. The number of hydrogen-bond acceptors (Lipinski definition) is 3. The van der Waals surface area contributed by atoms with Crippen LogP contribution in [0.1, 0.15) is 51.4 Å². The Hall–Kier alpha value is -0.120. The minimum atomic E-state index is 0.244. The molecule has 2 atom stereocenters. The highest BCUT2D eigenvalue weighted by atomic mass is 16.5. The zero-order valence-corrected chi connectivity index (χ0v) is 10.9. The number of likely N-dealkylation sites (tertiary alicyclic amines) is 1. The summed E-state index contributed by atoms with van der Waals surface area (Å²) >= 11 is 0. The Labute approximate surface area is 105 Å². The fraction of sp³-hybridized carbons (Fsp3) is 1.00. The fourth-order valence-electron chi connectivity index (χ4n) is 4.01. The van der Waals surface area contributed by atoms with Gasteiger partial charge in [0.1, 0.15) is 0 Å². The van der Waals surface area contributed by atoms with Crippen molar-refractivity contribution in [2.45, 2.75) is 69.1 Å². The molecule has 98 valence electrons. The minimum absolute atomic E-state index is 0.244. The summed E-state index contributed by atoms with van der Waals surface area (Å²) in [4.78, 5) is 2.63. The smallest absolute Gasteiger partial charge is 0.0697 e. The molecular weight excluding hydrogens is 212 g/mol. The van der Waals surface area contributed by atoms with Gasteiger partial charge in [0.2, 0.25) is 0 Å². The van der Waals surface area contributed by atoms with E-state index in [1.54, 1.807) is 0 Å². The van der Waals surface area contributed by atoms with Gasteiger partial charge >= 0.3 is 0 Å². The lowest BCUT2D eigenvalue weighted by Crippen LogP contribution is -2.49. The van der Waals surface area contributed by atoms with Gasteiger partial charge in [-0.2, -0.15) is 0 Å². The molecule has 0 amide bonds. The van der Waals surface area contributed by atoms with Crippen molar-refractivity contribution in [1.82, 2.24) is 4.90 Å². The van der Waals surface area contributed by atoms with Crippen LogP contribution in [0.2, 0.25) is 0 Å². The Bertz CT molecular complexity index is 257.